The molecular formula is C16H20N2O2. The molecule has 2 heterocycles. The summed E-state index contributed by atoms with van der Waals surface area (Å²) in [6, 6.07) is 8.09. The van der Waals surface area contributed by atoms with Gasteiger partial charge in [0.1, 0.15) is 11.6 Å². The van der Waals surface area contributed by atoms with E-state index < -0.39 is 0 Å². The Labute approximate surface area is 119 Å². The number of rotatable bonds is 4. The number of aryl methyl sites for hydroxylation is 1. The Bertz CT molecular complexity index is 575. The molecule has 4 heteroatoms. The zero-order valence-electron chi connectivity index (χ0n) is 11.7. The van der Waals surface area contributed by atoms with E-state index in [0.717, 1.165) is 43.1 Å². The van der Waals surface area contributed by atoms with E-state index in [-0.39, 0.29) is 12.5 Å². The highest BCUT2D eigenvalue weighted by Gasteiger charge is 2.22. The summed E-state index contributed by atoms with van der Waals surface area (Å²) in [7, 11) is 1.67. The summed E-state index contributed by atoms with van der Waals surface area (Å²) in [5.41, 5.74) is 2.30. The average Bonchev–Trinajstić information content (AvgIpc) is 2.90. The number of methoxy groups -OCH3 is 1. The van der Waals surface area contributed by atoms with Crippen LogP contribution in [-0.2, 0) is 13.0 Å². The second kappa shape index (κ2) is 5.67. The first kappa shape index (κ1) is 13.2. The molecule has 0 fully saturated rings. The average molecular weight is 272 g/mol. The van der Waals surface area contributed by atoms with Crippen LogP contribution in [0.4, 0.5) is 0 Å². The summed E-state index contributed by atoms with van der Waals surface area (Å²) < 4.78 is 7.36. The predicted octanol–water partition coefficient (Wildman–Crippen LogP) is 2.35. The topological polar surface area (TPSA) is 47.3 Å². The molecular weight excluding hydrogens is 252 g/mol. The fraction of sp³-hybridized carbons (Fsp3) is 0.438. The van der Waals surface area contributed by atoms with Crippen LogP contribution in [0, 0.1) is 0 Å². The van der Waals surface area contributed by atoms with Crippen molar-refractivity contribution < 1.29 is 9.84 Å². The van der Waals surface area contributed by atoms with E-state index in [0.29, 0.717) is 0 Å². The number of hydrogen-bond donors (Lipinski definition) is 1. The summed E-state index contributed by atoms with van der Waals surface area (Å²) in [5.74, 6) is 2.12. The number of aliphatic hydroxyl groups excluding tert-OH is 1. The first-order chi connectivity index (χ1) is 9.80. The van der Waals surface area contributed by atoms with Crippen molar-refractivity contribution in [3.05, 3.63) is 47.5 Å². The molecule has 0 radical (unpaired) electrons. The first-order valence-corrected chi connectivity index (χ1v) is 7.10. The van der Waals surface area contributed by atoms with Gasteiger partial charge in [-0.1, -0.05) is 12.1 Å². The van der Waals surface area contributed by atoms with Crippen LogP contribution in [0.2, 0.25) is 0 Å². The van der Waals surface area contributed by atoms with E-state index in [1.165, 1.54) is 5.56 Å². The molecule has 20 heavy (non-hydrogen) atoms. The van der Waals surface area contributed by atoms with Gasteiger partial charge in [0.2, 0.25) is 0 Å². The summed E-state index contributed by atoms with van der Waals surface area (Å²) in [6.45, 7) is 1.21. The number of fused-ring (bicyclic) bond motifs is 1. The van der Waals surface area contributed by atoms with Gasteiger partial charge in [-0.25, -0.2) is 4.98 Å². The van der Waals surface area contributed by atoms with E-state index in [1.54, 1.807) is 7.11 Å². The number of aromatic nitrogens is 2. The molecule has 0 saturated carbocycles. The molecule has 1 aliphatic heterocycles. The largest absolute Gasteiger partial charge is 0.497 e. The molecule has 3 rings (SSSR count). The van der Waals surface area contributed by atoms with Gasteiger partial charge in [-0.2, -0.15) is 0 Å². The van der Waals surface area contributed by atoms with Gasteiger partial charge in [0, 0.05) is 25.1 Å². The van der Waals surface area contributed by atoms with E-state index in [2.05, 4.69) is 22.9 Å². The van der Waals surface area contributed by atoms with Gasteiger partial charge in [-0.05, 0) is 30.5 Å². The van der Waals surface area contributed by atoms with Crippen molar-refractivity contribution in [1.82, 2.24) is 9.55 Å². The molecule has 4 nitrogen and oxygen atoms in total. The standard InChI is InChI=1S/C16H20N2O2/c1-20-15-6-4-12(5-7-15)9-14-10-18-8-2-3-13(11-19)16(18)17-14/h4-7,10,13,19H,2-3,8-9,11H2,1H3. The Morgan fingerprint density at radius 2 is 2.15 bits per heavy atom. The van der Waals surface area contributed by atoms with Crippen LogP contribution in [0.5, 0.6) is 5.75 Å². The van der Waals surface area contributed by atoms with Gasteiger partial charge in [0.05, 0.1) is 19.4 Å². The summed E-state index contributed by atoms with van der Waals surface area (Å²) in [6.07, 6.45) is 5.11. The summed E-state index contributed by atoms with van der Waals surface area (Å²) >= 11 is 0. The Kier molecular flexibility index (Phi) is 3.74. The molecule has 0 aliphatic carbocycles. The molecule has 0 spiro atoms. The van der Waals surface area contributed by atoms with Crippen LogP contribution >= 0.6 is 0 Å². The highest BCUT2D eigenvalue weighted by atomic mass is 16.5. The quantitative estimate of drug-likeness (QED) is 0.929. The monoisotopic (exact) mass is 272 g/mol. The van der Waals surface area contributed by atoms with Crippen LogP contribution in [0.1, 0.15) is 35.8 Å². The normalized spacial score (nSPS) is 17.8. The molecule has 0 amide bonds. The number of aliphatic hydroxyl groups is 1. The molecule has 1 aromatic carbocycles. The van der Waals surface area contributed by atoms with Gasteiger partial charge >= 0.3 is 0 Å². The van der Waals surface area contributed by atoms with Crippen molar-refractivity contribution in [3.8, 4) is 5.75 Å². The molecule has 1 aromatic heterocycles. The lowest BCUT2D eigenvalue weighted by molar-refractivity contribution is 0.238. The Morgan fingerprint density at radius 1 is 1.35 bits per heavy atom. The van der Waals surface area contributed by atoms with Crippen molar-refractivity contribution >= 4 is 0 Å². The van der Waals surface area contributed by atoms with Gasteiger partial charge in [-0.15, -0.1) is 0 Å². The number of ether oxygens (including phenoxy) is 1. The zero-order chi connectivity index (χ0) is 13.9. The minimum Gasteiger partial charge on any atom is -0.497 e. The molecule has 0 bridgehead atoms. The third-order valence-electron chi connectivity index (χ3n) is 3.94. The Balaban J connectivity index is 1.79. The van der Waals surface area contributed by atoms with E-state index in [1.807, 2.05) is 12.1 Å². The van der Waals surface area contributed by atoms with Crippen molar-refractivity contribution in [2.24, 2.45) is 0 Å². The van der Waals surface area contributed by atoms with Crippen molar-refractivity contribution in [2.75, 3.05) is 13.7 Å². The van der Waals surface area contributed by atoms with E-state index in [9.17, 15) is 5.11 Å². The van der Waals surface area contributed by atoms with Crippen LogP contribution in [0.3, 0.4) is 0 Å². The zero-order valence-corrected chi connectivity index (χ0v) is 11.7. The second-order valence-corrected chi connectivity index (χ2v) is 5.33. The van der Waals surface area contributed by atoms with Crippen molar-refractivity contribution in [1.29, 1.82) is 0 Å². The number of nitrogens with zero attached hydrogens (tertiary/aromatic N) is 2. The first-order valence-electron chi connectivity index (χ1n) is 7.10. The lowest BCUT2D eigenvalue weighted by atomic mass is 10.0. The fourth-order valence-corrected chi connectivity index (χ4v) is 2.84. The Hall–Kier alpha value is -1.81. The Morgan fingerprint density at radius 3 is 2.85 bits per heavy atom. The molecule has 1 unspecified atom stereocenters. The van der Waals surface area contributed by atoms with Gasteiger partial charge in [-0.3, -0.25) is 0 Å². The van der Waals surface area contributed by atoms with Gasteiger partial charge in [0.15, 0.2) is 0 Å². The lowest BCUT2D eigenvalue weighted by Crippen LogP contribution is -2.18. The molecule has 1 atom stereocenters. The minimum atomic E-state index is 0.193. The van der Waals surface area contributed by atoms with E-state index >= 15 is 0 Å². The molecule has 106 valence electrons. The minimum absolute atomic E-state index is 0.193. The number of imidazole rings is 1. The number of hydrogen-bond acceptors (Lipinski definition) is 3. The molecule has 2 aromatic rings. The third-order valence-corrected chi connectivity index (χ3v) is 3.94. The van der Waals surface area contributed by atoms with Crippen LogP contribution in [0.15, 0.2) is 30.5 Å². The summed E-state index contributed by atoms with van der Waals surface area (Å²) in [5, 5.41) is 9.43. The van der Waals surface area contributed by atoms with Gasteiger partial charge in [0.25, 0.3) is 0 Å². The second-order valence-electron chi connectivity index (χ2n) is 5.33. The van der Waals surface area contributed by atoms with Crippen LogP contribution < -0.4 is 4.74 Å². The van der Waals surface area contributed by atoms with E-state index in [4.69, 9.17) is 9.72 Å². The lowest BCUT2D eigenvalue weighted by Gasteiger charge is -2.21. The number of benzene rings is 1. The smallest absolute Gasteiger partial charge is 0.118 e. The maximum atomic E-state index is 9.43. The maximum Gasteiger partial charge on any atom is 0.118 e. The summed E-state index contributed by atoms with van der Waals surface area (Å²) in [4.78, 5) is 4.71. The fourth-order valence-electron chi connectivity index (χ4n) is 2.84. The highest BCUT2D eigenvalue weighted by Crippen LogP contribution is 2.26. The van der Waals surface area contributed by atoms with Crippen molar-refractivity contribution in [2.45, 2.75) is 31.7 Å². The van der Waals surface area contributed by atoms with Crippen LogP contribution in [0.25, 0.3) is 0 Å². The predicted molar refractivity (Wildman–Crippen MR) is 77.1 cm³/mol. The SMILES string of the molecule is COc1ccc(Cc2cn3c(n2)C(CO)CCC3)cc1. The third kappa shape index (κ3) is 2.56. The molecule has 0 saturated heterocycles. The maximum absolute atomic E-state index is 9.43. The van der Waals surface area contributed by atoms with Crippen molar-refractivity contribution in [3.63, 3.8) is 0 Å². The molecule has 1 N–H and O–H groups in total. The molecule has 1 aliphatic rings. The van der Waals surface area contributed by atoms with Gasteiger partial charge < -0.3 is 14.4 Å². The highest BCUT2D eigenvalue weighted by molar-refractivity contribution is 5.29. The van der Waals surface area contributed by atoms with Crippen LogP contribution in [-0.4, -0.2) is 28.4 Å².